The van der Waals surface area contributed by atoms with E-state index in [1.54, 1.807) is 18.2 Å². The third kappa shape index (κ3) is 7.28. The van der Waals surface area contributed by atoms with Crippen LogP contribution in [0.1, 0.15) is 33.6 Å². The van der Waals surface area contributed by atoms with Gasteiger partial charge >= 0.3 is 6.09 Å². The Morgan fingerprint density at radius 2 is 2.04 bits per heavy atom. The van der Waals surface area contributed by atoms with Crippen molar-refractivity contribution in [1.29, 1.82) is 0 Å². The van der Waals surface area contributed by atoms with Gasteiger partial charge < -0.3 is 20.5 Å². The van der Waals surface area contributed by atoms with Crippen LogP contribution in [0, 0.1) is 10.1 Å². The number of para-hydroxylation sites is 2. The van der Waals surface area contributed by atoms with E-state index in [0.29, 0.717) is 25.1 Å². The van der Waals surface area contributed by atoms with Gasteiger partial charge in [-0.25, -0.2) is 4.79 Å². The van der Waals surface area contributed by atoms with E-state index < -0.39 is 22.7 Å². The number of ether oxygens (including phenoxy) is 1. The second kappa shape index (κ2) is 9.07. The fourth-order valence-corrected chi connectivity index (χ4v) is 2.01. The first kappa shape index (κ1) is 19.7. The third-order valence-electron chi connectivity index (χ3n) is 3.07. The molecule has 0 spiro atoms. The molecular weight excluding hydrogens is 314 g/mol. The molecule has 8 nitrogen and oxygen atoms in total. The van der Waals surface area contributed by atoms with E-state index >= 15 is 0 Å². The van der Waals surface area contributed by atoms with Crippen LogP contribution in [0.3, 0.4) is 0 Å². The molecular formula is C16H25N3O5. The lowest BCUT2D eigenvalue weighted by Gasteiger charge is -2.23. The number of rotatable bonds is 8. The Balaban J connectivity index is 2.40. The smallest absolute Gasteiger partial charge is 0.407 e. The zero-order chi connectivity index (χ0) is 18.2. The molecule has 1 atom stereocenters. The number of carbonyl (C=O) groups excluding carboxylic acids is 1. The van der Waals surface area contributed by atoms with Crippen LogP contribution in [-0.2, 0) is 4.74 Å². The monoisotopic (exact) mass is 339 g/mol. The van der Waals surface area contributed by atoms with Gasteiger partial charge in [0, 0.05) is 18.2 Å². The second-order valence-corrected chi connectivity index (χ2v) is 6.43. The van der Waals surface area contributed by atoms with Crippen LogP contribution in [-0.4, -0.2) is 40.9 Å². The SMILES string of the molecule is CC(C)(C)NC(=O)O[C@H](CO)CCCNc1ccccc1[N+](=O)[O-]. The van der Waals surface area contributed by atoms with Gasteiger partial charge in [-0.1, -0.05) is 12.1 Å². The Morgan fingerprint density at radius 3 is 2.62 bits per heavy atom. The molecule has 1 aromatic rings. The zero-order valence-electron chi connectivity index (χ0n) is 14.2. The Hall–Kier alpha value is -2.35. The largest absolute Gasteiger partial charge is 0.444 e. The number of alkyl carbamates (subject to hydrolysis) is 1. The lowest BCUT2D eigenvalue weighted by molar-refractivity contribution is -0.384. The molecule has 134 valence electrons. The number of aliphatic hydroxyl groups excluding tert-OH is 1. The van der Waals surface area contributed by atoms with Gasteiger partial charge in [-0.15, -0.1) is 0 Å². The first-order valence-corrected chi connectivity index (χ1v) is 7.80. The molecule has 0 aliphatic heterocycles. The molecule has 0 saturated carbocycles. The summed E-state index contributed by atoms with van der Waals surface area (Å²) in [7, 11) is 0. The molecule has 0 aliphatic carbocycles. The van der Waals surface area contributed by atoms with Crippen molar-refractivity contribution in [2.24, 2.45) is 0 Å². The van der Waals surface area contributed by atoms with Crippen molar-refractivity contribution in [3.8, 4) is 0 Å². The van der Waals surface area contributed by atoms with Gasteiger partial charge in [0.25, 0.3) is 5.69 Å². The lowest BCUT2D eigenvalue weighted by Crippen LogP contribution is -2.42. The van der Waals surface area contributed by atoms with Crippen molar-refractivity contribution in [2.45, 2.75) is 45.3 Å². The average molecular weight is 339 g/mol. The van der Waals surface area contributed by atoms with E-state index in [2.05, 4.69) is 10.6 Å². The van der Waals surface area contributed by atoms with Crippen LogP contribution in [0.15, 0.2) is 24.3 Å². The molecule has 0 aromatic heterocycles. The minimum atomic E-state index is -0.611. The van der Waals surface area contributed by atoms with Gasteiger partial charge in [-0.2, -0.15) is 0 Å². The van der Waals surface area contributed by atoms with E-state index in [4.69, 9.17) is 4.74 Å². The summed E-state index contributed by atoms with van der Waals surface area (Å²) in [4.78, 5) is 22.1. The summed E-state index contributed by atoms with van der Waals surface area (Å²) < 4.78 is 5.15. The number of nitro groups is 1. The predicted molar refractivity (Wildman–Crippen MR) is 91.1 cm³/mol. The molecule has 1 amide bonds. The maximum absolute atomic E-state index is 11.7. The number of amides is 1. The van der Waals surface area contributed by atoms with Crippen molar-refractivity contribution < 1.29 is 19.6 Å². The van der Waals surface area contributed by atoms with Gasteiger partial charge in [-0.05, 0) is 39.7 Å². The average Bonchev–Trinajstić information content (AvgIpc) is 2.48. The molecule has 0 aliphatic rings. The molecule has 24 heavy (non-hydrogen) atoms. The van der Waals surface area contributed by atoms with E-state index in [1.165, 1.54) is 6.07 Å². The highest BCUT2D eigenvalue weighted by Gasteiger charge is 2.19. The molecule has 0 radical (unpaired) electrons. The van der Waals surface area contributed by atoms with Crippen molar-refractivity contribution in [3.05, 3.63) is 34.4 Å². The Labute approximate surface area is 141 Å². The molecule has 3 N–H and O–H groups in total. The number of anilines is 1. The van der Waals surface area contributed by atoms with Gasteiger partial charge in [0.05, 0.1) is 11.5 Å². The summed E-state index contributed by atoms with van der Waals surface area (Å²) in [5, 5.41) is 25.8. The normalized spacial score (nSPS) is 12.3. The Bertz CT molecular complexity index is 557. The highest BCUT2D eigenvalue weighted by atomic mass is 16.6. The van der Waals surface area contributed by atoms with Gasteiger partial charge in [-0.3, -0.25) is 10.1 Å². The van der Waals surface area contributed by atoms with Crippen LogP contribution >= 0.6 is 0 Å². The van der Waals surface area contributed by atoms with Crippen molar-refractivity contribution >= 4 is 17.5 Å². The quantitative estimate of drug-likeness (QED) is 0.381. The van der Waals surface area contributed by atoms with Crippen LogP contribution in [0.25, 0.3) is 0 Å². The van der Waals surface area contributed by atoms with Crippen LogP contribution < -0.4 is 10.6 Å². The number of hydrogen-bond donors (Lipinski definition) is 3. The molecule has 1 rings (SSSR count). The molecule has 8 heteroatoms. The number of nitro benzene ring substituents is 1. The topological polar surface area (TPSA) is 114 Å². The molecule has 0 unspecified atom stereocenters. The molecule has 1 aromatic carbocycles. The van der Waals surface area contributed by atoms with Gasteiger partial charge in [0.1, 0.15) is 11.8 Å². The van der Waals surface area contributed by atoms with Crippen LogP contribution in [0.5, 0.6) is 0 Å². The highest BCUT2D eigenvalue weighted by molar-refractivity contribution is 5.68. The number of carbonyl (C=O) groups is 1. The molecule has 0 heterocycles. The summed E-state index contributed by atoms with van der Waals surface area (Å²) in [5.41, 5.74) is 0.0386. The number of nitrogens with one attached hydrogen (secondary N) is 2. The maximum atomic E-state index is 11.7. The minimum absolute atomic E-state index is 0.0111. The number of hydrogen-bond acceptors (Lipinski definition) is 6. The summed E-state index contributed by atoms with van der Waals surface area (Å²) in [5.74, 6) is 0. The predicted octanol–water partition coefficient (Wildman–Crippen LogP) is 2.67. The fraction of sp³-hybridized carbons (Fsp3) is 0.562. The molecule has 0 bridgehead atoms. The number of benzene rings is 1. The summed E-state index contributed by atoms with van der Waals surface area (Å²) >= 11 is 0. The lowest BCUT2D eigenvalue weighted by atomic mass is 10.1. The molecule has 0 fully saturated rings. The standard InChI is InChI=1S/C16H25N3O5/c1-16(2,3)18-15(21)24-12(11-20)7-6-10-17-13-8-4-5-9-14(13)19(22)23/h4-5,8-9,12,17,20H,6-7,10-11H2,1-3H3,(H,18,21)/t12-/m0/s1. The first-order chi connectivity index (χ1) is 11.2. The van der Waals surface area contributed by atoms with E-state index in [0.717, 1.165) is 0 Å². The van der Waals surface area contributed by atoms with Gasteiger partial charge in [0.15, 0.2) is 0 Å². The second-order valence-electron chi connectivity index (χ2n) is 6.43. The Kier molecular flexibility index (Phi) is 7.44. The summed E-state index contributed by atoms with van der Waals surface area (Å²) in [6, 6.07) is 6.38. The van der Waals surface area contributed by atoms with E-state index in [1.807, 2.05) is 20.8 Å². The summed E-state index contributed by atoms with van der Waals surface area (Å²) in [6.07, 6.45) is -0.157. The van der Waals surface area contributed by atoms with E-state index in [9.17, 15) is 20.0 Å². The van der Waals surface area contributed by atoms with Crippen LogP contribution in [0.4, 0.5) is 16.2 Å². The summed E-state index contributed by atoms with van der Waals surface area (Å²) in [6.45, 7) is 5.69. The van der Waals surface area contributed by atoms with Crippen LogP contribution in [0.2, 0.25) is 0 Å². The first-order valence-electron chi connectivity index (χ1n) is 7.80. The number of aliphatic hydroxyl groups is 1. The van der Waals surface area contributed by atoms with E-state index in [-0.39, 0.29) is 12.3 Å². The van der Waals surface area contributed by atoms with Crippen molar-refractivity contribution in [3.63, 3.8) is 0 Å². The highest BCUT2D eigenvalue weighted by Crippen LogP contribution is 2.23. The minimum Gasteiger partial charge on any atom is -0.444 e. The van der Waals surface area contributed by atoms with Crippen molar-refractivity contribution in [1.82, 2.24) is 5.32 Å². The Morgan fingerprint density at radius 1 is 1.38 bits per heavy atom. The maximum Gasteiger partial charge on any atom is 0.407 e. The third-order valence-corrected chi connectivity index (χ3v) is 3.07. The van der Waals surface area contributed by atoms with Crippen molar-refractivity contribution in [2.75, 3.05) is 18.5 Å². The fourth-order valence-electron chi connectivity index (χ4n) is 2.01. The zero-order valence-corrected chi connectivity index (χ0v) is 14.2. The number of nitrogens with zero attached hydrogens (tertiary/aromatic N) is 1. The molecule has 0 saturated heterocycles. The van der Waals surface area contributed by atoms with Gasteiger partial charge in [0.2, 0.25) is 0 Å².